The van der Waals surface area contributed by atoms with Crippen LogP contribution >= 0.6 is 27.5 Å². The number of ether oxygens (including phenoxy) is 1. The lowest BCUT2D eigenvalue weighted by Gasteiger charge is -2.23. The standard InChI is InChI=1S/C16H17BrClN3O5S/c1-10-13(17)7-12(26-10)8-19-20-16(22)9-21(27(3,23)24)14-6-11(18)4-5-15(14)25-2/h4-8H,9H2,1-3H3,(H,20,22). The van der Waals surface area contributed by atoms with Crippen LogP contribution in [0.5, 0.6) is 5.75 Å². The molecule has 0 unspecified atom stereocenters. The van der Waals surface area contributed by atoms with Gasteiger partial charge in [0.15, 0.2) is 0 Å². The number of hydrogen-bond donors (Lipinski definition) is 1. The summed E-state index contributed by atoms with van der Waals surface area (Å²) in [6.07, 6.45) is 2.29. The van der Waals surface area contributed by atoms with E-state index in [9.17, 15) is 13.2 Å². The first-order valence-electron chi connectivity index (χ1n) is 7.51. The number of sulfonamides is 1. The van der Waals surface area contributed by atoms with Crippen molar-refractivity contribution in [3.05, 3.63) is 45.3 Å². The number of nitrogens with one attached hydrogen (secondary N) is 1. The molecule has 1 N–H and O–H groups in total. The van der Waals surface area contributed by atoms with Crippen molar-refractivity contribution in [2.45, 2.75) is 6.92 Å². The maximum Gasteiger partial charge on any atom is 0.260 e. The van der Waals surface area contributed by atoms with Gasteiger partial charge in [0.1, 0.15) is 23.8 Å². The molecule has 0 radical (unpaired) electrons. The van der Waals surface area contributed by atoms with Crippen molar-refractivity contribution in [2.75, 3.05) is 24.2 Å². The molecule has 0 bridgehead atoms. The van der Waals surface area contributed by atoms with Gasteiger partial charge < -0.3 is 9.15 Å². The number of rotatable bonds is 7. The molecule has 27 heavy (non-hydrogen) atoms. The predicted molar refractivity (Wildman–Crippen MR) is 107 cm³/mol. The average molecular weight is 479 g/mol. The van der Waals surface area contributed by atoms with E-state index >= 15 is 0 Å². The number of benzene rings is 1. The lowest BCUT2D eigenvalue weighted by molar-refractivity contribution is -0.119. The lowest BCUT2D eigenvalue weighted by Crippen LogP contribution is -2.39. The fourth-order valence-corrected chi connectivity index (χ4v) is 3.44. The maximum atomic E-state index is 12.2. The molecule has 1 heterocycles. The highest BCUT2D eigenvalue weighted by molar-refractivity contribution is 9.10. The smallest absolute Gasteiger partial charge is 0.260 e. The van der Waals surface area contributed by atoms with Gasteiger partial charge in [0.2, 0.25) is 10.0 Å². The number of hydrogen-bond acceptors (Lipinski definition) is 6. The molecule has 146 valence electrons. The third-order valence-electron chi connectivity index (χ3n) is 3.35. The molecule has 0 atom stereocenters. The van der Waals surface area contributed by atoms with Crippen LogP contribution in [0, 0.1) is 6.92 Å². The van der Waals surface area contributed by atoms with E-state index in [-0.39, 0.29) is 11.4 Å². The van der Waals surface area contributed by atoms with Crippen LogP contribution in [0.15, 0.2) is 38.3 Å². The van der Waals surface area contributed by atoms with Crippen molar-refractivity contribution in [2.24, 2.45) is 5.10 Å². The molecule has 0 spiro atoms. The van der Waals surface area contributed by atoms with Crippen molar-refractivity contribution in [1.29, 1.82) is 0 Å². The highest BCUT2D eigenvalue weighted by Gasteiger charge is 2.24. The molecule has 0 aliphatic carbocycles. The van der Waals surface area contributed by atoms with Crippen LogP contribution in [0.25, 0.3) is 0 Å². The minimum absolute atomic E-state index is 0.150. The van der Waals surface area contributed by atoms with Crippen LogP contribution in [-0.4, -0.2) is 40.4 Å². The number of furan rings is 1. The maximum absolute atomic E-state index is 12.2. The molecule has 1 aromatic heterocycles. The zero-order chi connectivity index (χ0) is 20.2. The summed E-state index contributed by atoms with van der Waals surface area (Å²) in [4.78, 5) is 12.2. The molecular weight excluding hydrogens is 462 g/mol. The van der Waals surface area contributed by atoms with Gasteiger partial charge in [0.05, 0.1) is 29.7 Å². The third-order valence-corrected chi connectivity index (χ3v) is 5.50. The van der Waals surface area contributed by atoms with Crippen molar-refractivity contribution in [3.63, 3.8) is 0 Å². The topological polar surface area (TPSA) is 101 Å². The van der Waals surface area contributed by atoms with E-state index in [1.54, 1.807) is 19.1 Å². The quantitative estimate of drug-likeness (QED) is 0.487. The van der Waals surface area contributed by atoms with E-state index in [2.05, 4.69) is 26.5 Å². The molecule has 0 fully saturated rings. The Labute approximate surface area is 170 Å². The third kappa shape index (κ3) is 5.72. The molecule has 1 amide bonds. The predicted octanol–water partition coefficient (Wildman–Crippen LogP) is 2.93. The molecule has 2 aromatic rings. The van der Waals surface area contributed by atoms with Crippen molar-refractivity contribution in [1.82, 2.24) is 5.43 Å². The van der Waals surface area contributed by atoms with E-state index < -0.39 is 22.5 Å². The molecule has 0 aliphatic heterocycles. The van der Waals surface area contributed by atoms with Gasteiger partial charge in [0.25, 0.3) is 5.91 Å². The Balaban J connectivity index is 2.17. The van der Waals surface area contributed by atoms with E-state index in [1.165, 1.54) is 25.5 Å². The van der Waals surface area contributed by atoms with Gasteiger partial charge in [-0.15, -0.1) is 0 Å². The second-order valence-corrected chi connectivity index (χ2v) is 8.63. The summed E-state index contributed by atoms with van der Waals surface area (Å²) in [5, 5.41) is 4.07. The highest BCUT2D eigenvalue weighted by atomic mass is 79.9. The molecule has 8 nitrogen and oxygen atoms in total. The average Bonchev–Trinajstić information content (AvgIpc) is 2.89. The van der Waals surface area contributed by atoms with E-state index in [0.717, 1.165) is 15.0 Å². The van der Waals surface area contributed by atoms with Gasteiger partial charge in [-0.05, 0) is 41.1 Å². The largest absolute Gasteiger partial charge is 0.495 e. The SMILES string of the molecule is COc1ccc(Cl)cc1N(CC(=O)NN=Cc1cc(Br)c(C)o1)S(C)(=O)=O. The summed E-state index contributed by atoms with van der Waals surface area (Å²) in [6.45, 7) is 1.26. The summed E-state index contributed by atoms with van der Waals surface area (Å²) in [5.41, 5.74) is 2.41. The number of carbonyl (C=O) groups excluding carboxylic acids is 1. The van der Waals surface area contributed by atoms with E-state index in [4.69, 9.17) is 20.8 Å². The minimum Gasteiger partial charge on any atom is -0.495 e. The Morgan fingerprint density at radius 1 is 1.44 bits per heavy atom. The fourth-order valence-electron chi connectivity index (χ4n) is 2.12. The fraction of sp³-hybridized carbons (Fsp3) is 0.250. The zero-order valence-electron chi connectivity index (χ0n) is 14.7. The van der Waals surface area contributed by atoms with E-state index in [1.807, 2.05) is 0 Å². The first-order chi connectivity index (χ1) is 12.6. The summed E-state index contributed by atoms with van der Waals surface area (Å²) >= 11 is 9.25. The summed E-state index contributed by atoms with van der Waals surface area (Å²) in [7, 11) is -2.39. The summed E-state index contributed by atoms with van der Waals surface area (Å²) in [5.74, 6) is 0.702. The molecule has 0 saturated carbocycles. The van der Waals surface area contributed by atoms with Crippen LogP contribution < -0.4 is 14.5 Å². The van der Waals surface area contributed by atoms with Crippen LogP contribution in [0.2, 0.25) is 5.02 Å². The number of nitrogens with zero attached hydrogens (tertiary/aromatic N) is 2. The second kappa shape index (κ2) is 8.77. The van der Waals surface area contributed by atoms with Gasteiger partial charge in [-0.2, -0.15) is 5.10 Å². The summed E-state index contributed by atoms with van der Waals surface area (Å²) in [6, 6.07) is 6.16. The Morgan fingerprint density at radius 2 is 2.15 bits per heavy atom. The van der Waals surface area contributed by atoms with Crippen LogP contribution in [0.3, 0.4) is 0 Å². The van der Waals surface area contributed by atoms with Gasteiger partial charge in [-0.25, -0.2) is 13.8 Å². The minimum atomic E-state index is -3.78. The van der Waals surface area contributed by atoms with E-state index in [0.29, 0.717) is 16.5 Å². The van der Waals surface area contributed by atoms with Crippen LogP contribution in [0.1, 0.15) is 11.5 Å². The molecule has 0 saturated heterocycles. The van der Waals surface area contributed by atoms with Crippen molar-refractivity contribution in [3.8, 4) is 5.75 Å². The number of methoxy groups -OCH3 is 1. The van der Waals surface area contributed by atoms with Crippen LogP contribution in [-0.2, 0) is 14.8 Å². The van der Waals surface area contributed by atoms with Gasteiger partial charge in [0, 0.05) is 11.1 Å². The molecule has 1 aromatic carbocycles. The molecule has 0 aliphatic rings. The molecule has 2 rings (SSSR count). The normalized spacial score (nSPS) is 11.6. The van der Waals surface area contributed by atoms with Gasteiger partial charge in [-0.1, -0.05) is 11.6 Å². The van der Waals surface area contributed by atoms with Gasteiger partial charge >= 0.3 is 0 Å². The number of amides is 1. The Bertz CT molecular complexity index is 955. The lowest BCUT2D eigenvalue weighted by atomic mass is 10.3. The van der Waals surface area contributed by atoms with Gasteiger partial charge in [-0.3, -0.25) is 9.10 Å². The Kier molecular flexibility index (Phi) is 6.90. The number of halogens is 2. The summed E-state index contributed by atoms with van der Waals surface area (Å²) < 4.78 is 36.5. The number of anilines is 1. The monoisotopic (exact) mass is 477 g/mol. The van der Waals surface area contributed by atoms with Crippen molar-refractivity contribution < 1.29 is 22.4 Å². The zero-order valence-corrected chi connectivity index (χ0v) is 17.9. The highest BCUT2D eigenvalue weighted by Crippen LogP contribution is 2.32. The number of carbonyl (C=O) groups is 1. The molecular formula is C16H17BrClN3O5S. The Morgan fingerprint density at radius 3 is 2.70 bits per heavy atom. The number of hydrazone groups is 1. The number of aryl methyl sites for hydroxylation is 1. The van der Waals surface area contributed by atoms with Crippen LogP contribution in [0.4, 0.5) is 5.69 Å². The van der Waals surface area contributed by atoms with Crippen molar-refractivity contribution >= 4 is 55.4 Å². The second-order valence-electron chi connectivity index (χ2n) is 5.43. The first kappa shape index (κ1) is 21.3. The Hall–Kier alpha value is -2.04. The molecule has 11 heteroatoms. The first-order valence-corrected chi connectivity index (χ1v) is 10.5.